The smallest absolute Gasteiger partial charge is 0.347 e. The molecule has 0 aliphatic carbocycles. The van der Waals surface area contributed by atoms with Gasteiger partial charge in [0.1, 0.15) is 5.75 Å². The zero-order chi connectivity index (χ0) is 15.1. The Balaban J connectivity index is 2.49. The number of esters is 1. The van der Waals surface area contributed by atoms with E-state index in [-0.39, 0.29) is 0 Å². The SMILES string of the molecule is C[C@H](OC(=O)[C@H](C)Oc1ccccc1)C(=O)NC(N)=O. The Morgan fingerprint density at radius 3 is 2.25 bits per heavy atom. The van der Waals surface area contributed by atoms with Gasteiger partial charge in [0, 0.05) is 0 Å². The van der Waals surface area contributed by atoms with Crippen molar-refractivity contribution < 1.29 is 23.9 Å². The number of ether oxygens (including phenoxy) is 2. The van der Waals surface area contributed by atoms with Gasteiger partial charge in [-0.15, -0.1) is 0 Å². The molecule has 0 fully saturated rings. The number of carbonyl (C=O) groups is 3. The molecule has 0 spiro atoms. The molecular formula is C13H16N2O5. The average molecular weight is 280 g/mol. The average Bonchev–Trinajstić information content (AvgIpc) is 2.38. The monoisotopic (exact) mass is 280 g/mol. The summed E-state index contributed by atoms with van der Waals surface area (Å²) in [6.45, 7) is 2.82. The van der Waals surface area contributed by atoms with Crippen LogP contribution in [0.5, 0.6) is 5.75 Å². The number of rotatable bonds is 5. The molecule has 3 N–H and O–H groups in total. The molecule has 0 unspecified atom stereocenters. The minimum atomic E-state index is -1.14. The van der Waals surface area contributed by atoms with Crippen molar-refractivity contribution >= 4 is 17.9 Å². The summed E-state index contributed by atoms with van der Waals surface area (Å²) in [5.41, 5.74) is 4.79. The number of carbonyl (C=O) groups excluding carboxylic acids is 3. The van der Waals surface area contributed by atoms with Crippen molar-refractivity contribution in [2.24, 2.45) is 5.73 Å². The first-order valence-corrected chi connectivity index (χ1v) is 5.92. The Morgan fingerprint density at radius 2 is 1.70 bits per heavy atom. The second-order valence-electron chi connectivity index (χ2n) is 4.01. The number of para-hydroxylation sites is 1. The van der Waals surface area contributed by atoms with E-state index in [1.165, 1.54) is 13.8 Å². The van der Waals surface area contributed by atoms with Crippen LogP contribution < -0.4 is 15.8 Å². The second kappa shape index (κ2) is 7.13. The lowest BCUT2D eigenvalue weighted by Crippen LogP contribution is -2.43. The Hall–Kier alpha value is -2.57. The molecule has 1 aromatic rings. The third kappa shape index (κ3) is 4.97. The Labute approximate surface area is 116 Å². The summed E-state index contributed by atoms with van der Waals surface area (Å²) >= 11 is 0. The fraction of sp³-hybridized carbons (Fsp3) is 0.308. The molecule has 0 aliphatic rings. The fourth-order valence-corrected chi connectivity index (χ4v) is 1.30. The van der Waals surface area contributed by atoms with Gasteiger partial charge in [-0.25, -0.2) is 9.59 Å². The molecule has 1 aromatic carbocycles. The lowest BCUT2D eigenvalue weighted by molar-refractivity contribution is -0.160. The maximum Gasteiger partial charge on any atom is 0.347 e. The molecule has 0 bridgehead atoms. The highest BCUT2D eigenvalue weighted by Gasteiger charge is 2.23. The summed E-state index contributed by atoms with van der Waals surface area (Å²) in [5.74, 6) is -1.01. The molecule has 1 rings (SSSR count). The quantitative estimate of drug-likeness (QED) is 0.767. The first-order valence-electron chi connectivity index (χ1n) is 5.92. The summed E-state index contributed by atoms with van der Waals surface area (Å²) in [4.78, 5) is 33.5. The van der Waals surface area contributed by atoms with E-state index < -0.39 is 30.1 Å². The Kier molecular flexibility index (Phi) is 5.52. The van der Waals surface area contributed by atoms with E-state index in [2.05, 4.69) is 0 Å². The fourth-order valence-electron chi connectivity index (χ4n) is 1.30. The lowest BCUT2D eigenvalue weighted by Gasteiger charge is -2.17. The summed E-state index contributed by atoms with van der Waals surface area (Å²) < 4.78 is 10.2. The zero-order valence-electron chi connectivity index (χ0n) is 11.2. The third-order valence-corrected chi connectivity index (χ3v) is 2.30. The molecule has 0 aromatic heterocycles. The highest BCUT2D eigenvalue weighted by Crippen LogP contribution is 2.11. The number of nitrogens with one attached hydrogen (secondary N) is 1. The van der Waals surface area contributed by atoms with Gasteiger partial charge in [0.25, 0.3) is 5.91 Å². The van der Waals surface area contributed by atoms with E-state index in [1.807, 2.05) is 11.4 Å². The van der Waals surface area contributed by atoms with Gasteiger partial charge in [-0.05, 0) is 26.0 Å². The predicted molar refractivity (Wildman–Crippen MR) is 69.8 cm³/mol. The molecule has 0 saturated heterocycles. The topological polar surface area (TPSA) is 108 Å². The second-order valence-corrected chi connectivity index (χ2v) is 4.01. The van der Waals surface area contributed by atoms with Crippen LogP contribution in [0, 0.1) is 0 Å². The molecular weight excluding hydrogens is 264 g/mol. The number of nitrogens with two attached hydrogens (primary N) is 1. The van der Waals surface area contributed by atoms with Crippen LogP contribution in [0.3, 0.4) is 0 Å². The first-order chi connectivity index (χ1) is 9.40. The zero-order valence-corrected chi connectivity index (χ0v) is 11.2. The standard InChI is InChI=1S/C13H16N2O5/c1-8(11(16)15-13(14)18)20-12(17)9(2)19-10-6-4-3-5-7-10/h3-9H,1-2H3,(H3,14,15,16,18)/t8-,9-/m0/s1. The van der Waals surface area contributed by atoms with Gasteiger partial charge < -0.3 is 15.2 Å². The highest BCUT2D eigenvalue weighted by atomic mass is 16.6. The van der Waals surface area contributed by atoms with Crippen LogP contribution in [0.1, 0.15) is 13.8 Å². The van der Waals surface area contributed by atoms with Gasteiger partial charge in [0.05, 0.1) is 0 Å². The number of imide groups is 1. The number of benzene rings is 1. The molecule has 0 heterocycles. The molecule has 0 saturated carbocycles. The van der Waals surface area contributed by atoms with E-state index >= 15 is 0 Å². The van der Waals surface area contributed by atoms with Crippen LogP contribution in [0.15, 0.2) is 30.3 Å². The molecule has 2 atom stereocenters. The van der Waals surface area contributed by atoms with Gasteiger partial charge in [-0.1, -0.05) is 18.2 Å². The van der Waals surface area contributed by atoms with Gasteiger partial charge in [-0.2, -0.15) is 0 Å². The van der Waals surface area contributed by atoms with Crippen molar-refractivity contribution in [2.45, 2.75) is 26.1 Å². The van der Waals surface area contributed by atoms with Crippen LogP contribution in [0.4, 0.5) is 4.79 Å². The number of primary amides is 1. The van der Waals surface area contributed by atoms with Gasteiger partial charge in [0.2, 0.25) is 0 Å². The van der Waals surface area contributed by atoms with Crippen molar-refractivity contribution in [2.75, 3.05) is 0 Å². The van der Waals surface area contributed by atoms with Crippen molar-refractivity contribution in [3.8, 4) is 5.75 Å². The maximum absolute atomic E-state index is 11.7. The molecule has 108 valence electrons. The molecule has 20 heavy (non-hydrogen) atoms. The van der Waals surface area contributed by atoms with Crippen LogP contribution >= 0.6 is 0 Å². The summed E-state index contributed by atoms with van der Waals surface area (Å²) in [6, 6.07) is 7.70. The summed E-state index contributed by atoms with van der Waals surface area (Å²) in [5, 5.41) is 1.82. The van der Waals surface area contributed by atoms with E-state index in [1.54, 1.807) is 24.3 Å². The van der Waals surface area contributed by atoms with Gasteiger partial charge in [-0.3, -0.25) is 10.1 Å². The summed E-state index contributed by atoms with van der Waals surface area (Å²) in [6.07, 6.45) is -2.03. The molecule has 0 aliphatic heterocycles. The minimum Gasteiger partial charge on any atom is -0.479 e. The minimum absolute atomic E-state index is 0.506. The number of amides is 3. The van der Waals surface area contributed by atoms with Crippen molar-refractivity contribution in [1.29, 1.82) is 0 Å². The van der Waals surface area contributed by atoms with E-state index in [4.69, 9.17) is 15.2 Å². The maximum atomic E-state index is 11.7. The van der Waals surface area contributed by atoms with E-state index in [9.17, 15) is 14.4 Å². The molecule has 7 nitrogen and oxygen atoms in total. The summed E-state index contributed by atoms with van der Waals surface area (Å²) in [7, 11) is 0. The van der Waals surface area contributed by atoms with Crippen molar-refractivity contribution in [3.05, 3.63) is 30.3 Å². The number of hydrogen-bond donors (Lipinski definition) is 2. The van der Waals surface area contributed by atoms with Crippen LogP contribution in [-0.2, 0) is 14.3 Å². The van der Waals surface area contributed by atoms with Crippen molar-refractivity contribution in [3.63, 3.8) is 0 Å². The van der Waals surface area contributed by atoms with E-state index in [0.717, 1.165) is 0 Å². The molecule has 3 amide bonds. The van der Waals surface area contributed by atoms with Crippen LogP contribution in [-0.4, -0.2) is 30.1 Å². The van der Waals surface area contributed by atoms with Crippen molar-refractivity contribution in [1.82, 2.24) is 5.32 Å². The number of urea groups is 1. The van der Waals surface area contributed by atoms with Crippen LogP contribution in [0.25, 0.3) is 0 Å². The van der Waals surface area contributed by atoms with Gasteiger partial charge in [0.15, 0.2) is 12.2 Å². The normalized spacial score (nSPS) is 12.9. The van der Waals surface area contributed by atoms with Crippen LogP contribution in [0.2, 0.25) is 0 Å². The van der Waals surface area contributed by atoms with Gasteiger partial charge >= 0.3 is 12.0 Å². The number of hydrogen-bond acceptors (Lipinski definition) is 5. The Bertz CT molecular complexity index is 489. The lowest BCUT2D eigenvalue weighted by atomic mass is 10.3. The Morgan fingerprint density at radius 1 is 1.10 bits per heavy atom. The first kappa shape index (κ1) is 15.5. The largest absolute Gasteiger partial charge is 0.479 e. The molecule has 7 heteroatoms. The highest BCUT2D eigenvalue weighted by molar-refractivity contribution is 5.96. The predicted octanol–water partition coefficient (Wildman–Crippen LogP) is 0.581. The third-order valence-electron chi connectivity index (χ3n) is 2.30. The van der Waals surface area contributed by atoms with E-state index in [0.29, 0.717) is 5.75 Å². The molecule has 0 radical (unpaired) electrons.